The summed E-state index contributed by atoms with van der Waals surface area (Å²) in [6, 6.07) is 13.0. The number of carbonyl (C=O) groups excluding carboxylic acids is 2. The zero-order chi connectivity index (χ0) is 16.4. The third kappa shape index (κ3) is 1.90. The van der Waals surface area contributed by atoms with Crippen molar-refractivity contribution in [3.63, 3.8) is 0 Å². The van der Waals surface area contributed by atoms with E-state index in [1.165, 1.54) is 0 Å². The predicted octanol–water partition coefficient (Wildman–Crippen LogP) is 1.88. The van der Waals surface area contributed by atoms with Crippen molar-refractivity contribution in [2.75, 3.05) is 0 Å². The molecule has 2 aromatic carbocycles. The zero-order valence-electron chi connectivity index (χ0n) is 13.1. The molecule has 4 nitrogen and oxygen atoms in total. The summed E-state index contributed by atoms with van der Waals surface area (Å²) in [5.41, 5.74) is 1.74. The Morgan fingerprint density at radius 1 is 0.870 bits per heavy atom. The van der Waals surface area contributed by atoms with E-state index in [0.717, 1.165) is 10.0 Å². The zero-order valence-corrected chi connectivity index (χ0v) is 14.8. The molecule has 2 aromatic rings. The van der Waals surface area contributed by atoms with E-state index in [2.05, 4.69) is 0 Å². The van der Waals surface area contributed by atoms with E-state index >= 15 is 0 Å². The molecule has 0 aliphatic carbocycles. The van der Waals surface area contributed by atoms with Crippen molar-refractivity contribution in [3.05, 3.63) is 59.2 Å². The van der Waals surface area contributed by atoms with Gasteiger partial charge in [0.15, 0.2) is 0 Å². The Labute approximate surface area is 137 Å². The van der Waals surface area contributed by atoms with Gasteiger partial charge in [-0.25, -0.2) is 0 Å². The first-order valence-corrected chi connectivity index (χ1v) is 10.5. The van der Waals surface area contributed by atoms with E-state index in [9.17, 15) is 9.59 Å². The van der Waals surface area contributed by atoms with Crippen LogP contribution in [0.4, 0.5) is 0 Å². The fourth-order valence-electron chi connectivity index (χ4n) is 2.87. The van der Waals surface area contributed by atoms with Gasteiger partial charge in [0.05, 0.1) is 0 Å². The molecule has 23 heavy (non-hydrogen) atoms. The van der Waals surface area contributed by atoms with E-state index in [4.69, 9.17) is 7.64 Å². The molecule has 0 bridgehead atoms. The first-order chi connectivity index (χ1) is 10.8. The van der Waals surface area contributed by atoms with Gasteiger partial charge in [0.2, 0.25) is 0 Å². The van der Waals surface area contributed by atoms with Gasteiger partial charge in [0, 0.05) is 0 Å². The molecule has 0 unspecified atom stereocenters. The molecular formula is C18H16O4Se. The summed E-state index contributed by atoms with van der Waals surface area (Å²) in [6.07, 6.45) is 0. The summed E-state index contributed by atoms with van der Waals surface area (Å²) in [4.78, 5) is 24.9. The van der Waals surface area contributed by atoms with Gasteiger partial charge in [-0.1, -0.05) is 0 Å². The number of carbonyl (C=O) groups is 2. The number of rotatable bonds is 1. The van der Waals surface area contributed by atoms with Gasteiger partial charge in [0.1, 0.15) is 0 Å². The Hall–Kier alpha value is -2.10. The Morgan fingerprint density at radius 3 is 1.87 bits per heavy atom. The fraction of sp³-hybridized carbons (Fsp3) is 0.222. The molecule has 5 heteroatoms. The van der Waals surface area contributed by atoms with Gasteiger partial charge < -0.3 is 0 Å². The second-order valence-electron chi connectivity index (χ2n) is 6.71. The van der Waals surface area contributed by atoms with E-state index in [1.54, 1.807) is 0 Å². The van der Waals surface area contributed by atoms with Gasteiger partial charge in [-0.3, -0.25) is 0 Å². The normalized spacial score (nSPS) is 19.1. The molecule has 2 aliphatic rings. The van der Waals surface area contributed by atoms with Crippen molar-refractivity contribution in [1.82, 2.24) is 0 Å². The summed E-state index contributed by atoms with van der Waals surface area (Å²) in [5.74, 6) is -0.771. The summed E-state index contributed by atoms with van der Waals surface area (Å²) >= 11 is -3.44. The minimum absolute atomic E-state index is 0.170. The summed E-state index contributed by atoms with van der Waals surface area (Å²) in [6.45, 7) is 6.14. The van der Waals surface area contributed by atoms with Crippen molar-refractivity contribution in [2.45, 2.75) is 26.2 Å². The van der Waals surface area contributed by atoms with Crippen LogP contribution in [0.5, 0.6) is 0 Å². The molecule has 2 aliphatic heterocycles. The molecule has 0 N–H and O–H groups in total. The molecule has 0 spiro atoms. The van der Waals surface area contributed by atoms with Crippen LogP contribution in [0.2, 0.25) is 0 Å². The van der Waals surface area contributed by atoms with Crippen molar-refractivity contribution in [1.29, 1.82) is 0 Å². The summed E-state index contributed by atoms with van der Waals surface area (Å²) in [5, 5.41) is 0. The van der Waals surface area contributed by atoms with Gasteiger partial charge in [-0.15, -0.1) is 0 Å². The van der Waals surface area contributed by atoms with Gasteiger partial charge in [-0.2, -0.15) is 0 Å². The quantitative estimate of drug-likeness (QED) is 0.715. The summed E-state index contributed by atoms with van der Waals surface area (Å²) < 4.78 is 12.9. The predicted molar refractivity (Wildman–Crippen MR) is 87.4 cm³/mol. The van der Waals surface area contributed by atoms with Crippen LogP contribution in [0.15, 0.2) is 42.5 Å². The Balaban J connectivity index is 2.02. The van der Waals surface area contributed by atoms with E-state index < -0.39 is 13.5 Å². The molecule has 0 fully saturated rings. The van der Waals surface area contributed by atoms with Gasteiger partial charge in [0.25, 0.3) is 0 Å². The SMILES string of the molecule is CC(C)(C)c1cc2c3c(c1)C(=O)O[Se]3(c1ccccc1)OC2=O. The molecule has 0 aromatic heterocycles. The second kappa shape index (κ2) is 4.46. The van der Waals surface area contributed by atoms with E-state index in [1.807, 2.05) is 63.2 Å². The third-order valence-electron chi connectivity index (χ3n) is 4.10. The molecule has 0 atom stereocenters. The molecule has 0 saturated heterocycles. The van der Waals surface area contributed by atoms with Crippen molar-refractivity contribution in [3.8, 4) is 0 Å². The van der Waals surface area contributed by atoms with Crippen LogP contribution >= 0.6 is 0 Å². The van der Waals surface area contributed by atoms with Crippen molar-refractivity contribution in [2.24, 2.45) is 0 Å². The van der Waals surface area contributed by atoms with Crippen LogP contribution in [-0.2, 0) is 13.1 Å². The maximum absolute atomic E-state index is 12.5. The van der Waals surface area contributed by atoms with Crippen LogP contribution in [-0.4, -0.2) is 25.4 Å². The van der Waals surface area contributed by atoms with Gasteiger partial charge >= 0.3 is 137 Å². The maximum atomic E-state index is 12.5. The average Bonchev–Trinajstić information content (AvgIpc) is 2.96. The molecule has 0 radical (unpaired) electrons. The van der Waals surface area contributed by atoms with Crippen LogP contribution in [0.25, 0.3) is 0 Å². The monoisotopic (exact) mass is 376 g/mol. The number of benzene rings is 2. The van der Waals surface area contributed by atoms with Crippen LogP contribution in [0.1, 0.15) is 47.1 Å². The van der Waals surface area contributed by atoms with E-state index in [-0.39, 0.29) is 17.4 Å². The first-order valence-electron chi connectivity index (χ1n) is 7.37. The molecule has 4 rings (SSSR count). The molecule has 118 valence electrons. The fourth-order valence-corrected chi connectivity index (χ4v) is 8.36. The molecule has 2 heterocycles. The average molecular weight is 375 g/mol. The second-order valence-corrected chi connectivity index (χ2v) is 11.4. The van der Waals surface area contributed by atoms with Crippen LogP contribution in [0, 0.1) is 0 Å². The van der Waals surface area contributed by atoms with Crippen LogP contribution in [0.3, 0.4) is 0 Å². The Morgan fingerprint density at radius 2 is 1.39 bits per heavy atom. The van der Waals surface area contributed by atoms with Crippen LogP contribution < -0.4 is 8.92 Å². The first kappa shape index (κ1) is 14.5. The molecular weight excluding hydrogens is 359 g/mol. The van der Waals surface area contributed by atoms with Crippen molar-refractivity contribution >= 4 is 34.4 Å². The third-order valence-corrected chi connectivity index (χ3v) is 9.65. The Bertz CT molecular complexity index is 810. The summed E-state index contributed by atoms with van der Waals surface area (Å²) in [7, 11) is 0. The number of hydrogen-bond donors (Lipinski definition) is 0. The Kier molecular flexibility index (Phi) is 2.81. The van der Waals surface area contributed by atoms with E-state index in [0.29, 0.717) is 15.6 Å². The minimum atomic E-state index is -3.44. The molecule has 0 amide bonds. The topological polar surface area (TPSA) is 52.6 Å². The standard InChI is InChI=1S/C18H16O4Se/c1-18(2,3)11-9-13-15-14(10-11)17(20)22-23(15,21-16(13)19)12-7-5-4-6-8-12/h4-10H,1-3H3. The van der Waals surface area contributed by atoms with Crippen molar-refractivity contribution < 1.29 is 17.2 Å². The van der Waals surface area contributed by atoms with Gasteiger partial charge in [-0.05, 0) is 0 Å². The number of hydrogen-bond acceptors (Lipinski definition) is 4. The molecule has 0 saturated carbocycles.